The van der Waals surface area contributed by atoms with Crippen molar-refractivity contribution in [2.75, 3.05) is 11.1 Å². The van der Waals surface area contributed by atoms with Crippen LogP contribution < -0.4 is 11.1 Å². The summed E-state index contributed by atoms with van der Waals surface area (Å²) in [5.74, 6) is 2.78. The number of fused-ring (bicyclic) bond motifs is 2. The summed E-state index contributed by atoms with van der Waals surface area (Å²) in [5, 5.41) is 3.52. The maximum absolute atomic E-state index is 5.73. The van der Waals surface area contributed by atoms with Crippen molar-refractivity contribution in [1.29, 1.82) is 0 Å². The third kappa shape index (κ3) is 1.66. The molecular formula is C12H17N3. The highest BCUT2D eigenvalue weighted by atomic mass is 15.0. The third-order valence-corrected chi connectivity index (χ3v) is 3.86. The van der Waals surface area contributed by atoms with Gasteiger partial charge in [-0.25, -0.2) is 4.98 Å². The molecule has 3 nitrogen and oxygen atoms in total. The lowest BCUT2D eigenvalue weighted by atomic mass is 9.95. The number of hydrogen-bond donors (Lipinski definition) is 2. The summed E-state index contributed by atoms with van der Waals surface area (Å²) in [5.41, 5.74) is 6.52. The molecule has 3 rings (SSSR count). The highest BCUT2D eigenvalue weighted by Crippen LogP contribution is 2.45. The quantitative estimate of drug-likeness (QED) is 0.775. The van der Waals surface area contributed by atoms with E-state index in [0.29, 0.717) is 6.04 Å². The van der Waals surface area contributed by atoms with Crippen LogP contribution in [0.1, 0.15) is 25.7 Å². The summed E-state index contributed by atoms with van der Waals surface area (Å²) in [6.07, 6.45) is 7.34. The van der Waals surface area contributed by atoms with Crippen LogP contribution in [-0.2, 0) is 0 Å². The lowest BCUT2D eigenvalue weighted by Crippen LogP contribution is -2.26. The van der Waals surface area contributed by atoms with Crippen LogP contribution in [0, 0.1) is 11.8 Å². The molecular weight excluding hydrogens is 186 g/mol. The van der Waals surface area contributed by atoms with Crippen molar-refractivity contribution in [3.8, 4) is 0 Å². The van der Waals surface area contributed by atoms with Crippen molar-refractivity contribution in [2.45, 2.75) is 31.7 Å². The first kappa shape index (κ1) is 9.01. The smallest absolute Gasteiger partial charge is 0.128 e. The second kappa shape index (κ2) is 3.40. The zero-order valence-electron chi connectivity index (χ0n) is 8.82. The van der Waals surface area contributed by atoms with Gasteiger partial charge in [-0.2, -0.15) is 0 Å². The van der Waals surface area contributed by atoms with Gasteiger partial charge >= 0.3 is 0 Å². The summed E-state index contributed by atoms with van der Waals surface area (Å²) in [6.45, 7) is 0. The van der Waals surface area contributed by atoms with Crippen LogP contribution in [0.2, 0.25) is 0 Å². The monoisotopic (exact) mass is 203 g/mol. The molecule has 15 heavy (non-hydrogen) atoms. The van der Waals surface area contributed by atoms with E-state index in [1.165, 1.54) is 25.7 Å². The summed E-state index contributed by atoms with van der Waals surface area (Å²) >= 11 is 0. The van der Waals surface area contributed by atoms with Gasteiger partial charge in [0, 0.05) is 24.0 Å². The standard InChI is InChI=1S/C12H17N3/c13-10-3-4-14-12(7-10)15-11-6-8-1-2-9(11)5-8/h3-4,7-9,11H,1-2,5-6H2,(H3,13,14,15). The van der Waals surface area contributed by atoms with Gasteiger partial charge in [0.15, 0.2) is 0 Å². The summed E-state index contributed by atoms with van der Waals surface area (Å²) in [7, 11) is 0. The number of rotatable bonds is 2. The maximum Gasteiger partial charge on any atom is 0.128 e. The highest BCUT2D eigenvalue weighted by molar-refractivity contribution is 5.49. The molecule has 0 amide bonds. The molecule has 2 bridgehead atoms. The highest BCUT2D eigenvalue weighted by Gasteiger charge is 2.39. The Hall–Kier alpha value is -1.25. The van der Waals surface area contributed by atoms with Gasteiger partial charge in [0.2, 0.25) is 0 Å². The second-order valence-corrected chi connectivity index (χ2v) is 4.90. The van der Waals surface area contributed by atoms with E-state index in [0.717, 1.165) is 23.3 Å². The molecule has 0 aromatic carbocycles. The molecule has 3 N–H and O–H groups in total. The van der Waals surface area contributed by atoms with Crippen molar-refractivity contribution in [3.05, 3.63) is 18.3 Å². The predicted octanol–water partition coefficient (Wildman–Crippen LogP) is 2.26. The van der Waals surface area contributed by atoms with Crippen LogP contribution in [0.5, 0.6) is 0 Å². The molecule has 0 aliphatic heterocycles. The fraction of sp³-hybridized carbons (Fsp3) is 0.583. The number of nitrogens with one attached hydrogen (secondary N) is 1. The first-order chi connectivity index (χ1) is 7.31. The number of anilines is 2. The van der Waals surface area contributed by atoms with E-state index in [9.17, 15) is 0 Å². The molecule has 80 valence electrons. The number of pyridine rings is 1. The Balaban J connectivity index is 1.71. The minimum Gasteiger partial charge on any atom is -0.399 e. The van der Waals surface area contributed by atoms with E-state index < -0.39 is 0 Å². The van der Waals surface area contributed by atoms with Crippen LogP contribution in [0.3, 0.4) is 0 Å². The largest absolute Gasteiger partial charge is 0.399 e. The van der Waals surface area contributed by atoms with Gasteiger partial charge in [-0.15, -0.1) is 0 Å². The molecule has 3 unspecified atom stereocenters. The van der Waals surface area contributed by atoms with E-state index in [-0.39, 0.29) is 0 Å². The first-order valence-electron chi connectivity index (χ1n) is 5.79. The molecule has 0 spiro atoms. The van der Waals surface area contributed by atoms with Crippen molar-refractivity contribution in [2.24, 2.45) is 11.8 Å². The Bertz CT molecular complexity index is 364. The van der Waals surface area contributed by atoms with Crippen LogP contribution in [-0.4, -0.2) is 11.0 Å². The van der Waals surface area contributed by atoms with Crippen molar-refractivity contribution >= 4 is 11.5 Å². The summed E-state index contributed by atoms with van der Waals surface area (Å²) in [4.78, 5) is 4.30. The molecule has 3 atom stereocenters. The molecule has 2 aliphatic carbocycles. The van der Waals surface area contributed by atoms with Gasteiger partial charge in [-0.05, 0) is 37.2 Å². The van der Waals surface area contributed by atoms with Crippen molar-refractivity contribution < 1.29 is 0 Å². The van der Waals surface area contributed by atoms with Gasteiger partial charge in [-0.1, -0.05) is 6.42 Å². The Kier molecular flexibility index (Phi) is 2.04. The number of aromatic nitrogens is 1. The van der Waals surface area contributed by atoms with Gasteiger partial charge in [0.05, 0.1) is 0 Å². The molecule has 1 heterocycles. The Labute approximate surface area is 90.1 Å². The van der Waals surface area contributed by atoms with Crippen LogP contribution in [0.25, 0.3) is 0 Å². The molecule has 0 saturated heterocycles. The fourth-order valence-corrected chi connectivity index (χ4v) is 3.14. The SMILES string of the molecule is Nc1ccnc(NC2CC3CCC2C3)c1. The van der Waals surface area contributed by atoms with Crippen LogP contribution in [0.4, 0.5) is 11.5 Å². The normalized spacial score (nSPS) is 33.2. The van der Waals surface area contributed by atoms with Gasteiger partial charge in [-0.3, -0.25) is 0 Å². The van der Waals surface area contributed by atoms with Crippen molar-refractivity contribution in [3.63, 3.8) is 0 Å². The Morgan fingerprint density at radius 1 is 1.33 bits per heavy atom. The van der Waals surface area contributed by atoms with E-state index >= 15 is 0 Å². The molecule has 2 fully saturated rings. The first-order valence-corrected chi connectivity index (χ1v) is 5.79. The average Bonchev–Trinajstić information content (AvgIpc) is 2.79. The zero-order chi connectivity index (χ0) is 10.3. The Morgan fingerprint density at radius 3 is 2.93 bits per heavy atom. The van der Waals surface area contributed by atoms with Gasteiger partial charge in [0.1, 0.15) is 5.82 Å². The minimum absolute atomic E-state index is 0.637. The number of nitrogen functional groups attached to an aromatic ring is 1. The number of nitrogens with zero attached hydrogens (tertiary/aromatic N) is 1. The minimum atomic E-state index is 0.637. The predicted molar refractivity (Wildman–Crippen MR) is 61.5 cm³/mol. The van der Waals surface area contributed by atoms with Gasteiger partial charge in [0.25, 0.3) is 0 Å². The third-order valence-electron chi connectivity index (χ3n) is 3.86. The van der Waals surface area contributed by atoms with E-state index in [1.807, 2.05) is 12.1 Å². The van der Waals surface area contributed by atoms with E-state index in [2.05, 4.69) is 10.3 Å². The molecule has 2 saturated carbocycles. The molecule has 0 radical (unpaired) electrons. The molecule has 1 aromatic rings. The number of nitrogens with two attached hydrogens (primary N) is 1. The number of hydrogen-bond acceptors (Lipinski definition) is 3. The Morgan fingerprint density at radius 2 is 2.27 bits per heavy atom. The van der Waals surface area contributed by atoms with Crippen molar-refractivity contribution in [1.82, 2.24) is 4.98 Å². The second-order valence-electron chi connectivity index (χ2n) is 4.90. The summed E-state index contributed by atoms with van der Waals surface area (Å²) in [6, 6.07) is 4.39. The van der Waals surface area contributed by atoms with Crippen LogP contribution >= 0.6 is 0 Å². The van der Waals surface area contributed by atoms with E-state index in [1.54, 1.807) is 6.20 Å². The lowest BCUT2D eigenvalue weighted by molar-refractivity contribution is 0.439. The fourth-order valence-electron chi connectivity index (χ4n) is 3.14. The van der Waals surface area contributed by atoms with Gasteiger partial charge < -0.3 is 11.1 Å². The maximum atomic E-state index is 5.73. The average molecular weight is 203 g/mol. The summed E-state index contributed by atoms with van der Waals surface area (Å²) < 4.78 is 0. The molecule has 3 heteroatoms. The zero-order valence-corrected chi connectivity index (χ0v) is 8.82. The van der Waals surface area contributed by atoms with Crippen LogP contribution in [0.15, 0.2) is 18.3 Å². The topological polar surface area (TPSA) is 50.9 Å². The lowest BCUT2D eigenvalue weighted by Gasteiger charge is -2.23. The molecule has 2 aliphatic rings. The molecule has 1 aromatic heterocycles. The van der Waals surface area contributed by atoms with E-state index in [4.69, 9.17) is 5.73 Å².